The number of alkyl halides is 13. The molecule has 2 nitrogen and oxygen atoms in total. The number of carbonyl (C=O) groups is 1. The number of carbonyl (C=O) groups excluding carboxylic acids is 1. The van der Waals surface area contributed by atoms with E-state index in [0.717, 1.165) is 14.1 Å². The Labute approximate surface area is 136 Å². The van der Waals surface area contributed by atoms with Gasteiger partial charge in [-0.3, -0.25) is 4.79 Å². The van der Waals surface area contributed by atoms with Gasteiger partial charge in [0.15, 0.2) is 0 Å². The van der Waals surface area contributed by atoms with Gasteiger partial charge in [-0.2, -0.15) is 57.1 Å². The molecule has 26 heavy (non-hydrogen) atoms. The minimum atomic E-state index is -7.95. The quantitative estimate of drug-likeness (QED) is 0.465. The van der Waals surface area contributed by atoms with Gasteiger partial charge in [0.1, 0.15) is 0 Å². The molecule has 0 aliphatic carbocycles. The highest BCUT2D eigenvalue weighted by molar-refractivity contribution is 5.87. The maximum absolute atomic E-state index is 13.2. The normalized spacial score (nSPS) is 15.5. The van der Waals surface area contributed by atoms with Crippen molar-refractivity contribution in [3.05, 3.63) is 12.2 Å². The second-order valence-electron chi connectivity index (χ2n) is 4.98. The summed E-state index contributed by atoms with van der Waals surface area (Å²) in [5.74, 6) is -38.9. The number of nitrogens with zero attached hydrogens (tertiary/aromatic N) is 1. The predicted octanol–water partition coefficient (Wildman–Crippen LogP) is 4.37. The van der Waals surface area contributed by atoms with Crippen molar-refractivity contribution in [3.63, 3.8) is 0 Å². The Morgan fingerprint density at radius 2 is 1.00 bits per heavy atom. The summed E-state index contributed by atoms with van der Waals surface area (Å²) < 4.78 is 165. The number of halogens is 13. The number of allylic oxidation sites excluding steroid dienone is 1. The van der Waals surface area contributed by atoms with Crippen molar-refractivity contribution in [1.82, 2.24) is 4.90 Å². The smallest absolute Gasteiger partial charge is 0.345 e. The Bertz CT molecular complexity index is 561. The fraction of sp³-hybridized carbons (Fsp3) is 0.727. The lowest BCUT2D eigenvalue weighted by atomic mass is 9.93. The molecule has 0 aliphatic heterocycles. The molecule has 0 radical (unpaired) electrons. The summed E-state index contributed by atoms with van der Waals surface area (Å²) in [4.78, 5) is 11.3. The minimum absolute atomic E-state index is 0.440. The fourth-order valence-corrected chi connectivity index (χ4v) is 1.21. The van der Waals surface area contributed by atoms with E-state index in [-0.39, 0.29) is 0 Å². The van der Waals surface area contributed by atoms with Crippen molar-refractivity contribution in [2.24, 2.45) is 0 Å². The molecule has 0 spiro atoms. The average Bonchev–Trinajstić information content (AvgIpc) is 2.42. The SMILES string of the molecule is CN(C)C(=O)/C=C/C(F)(F)C(F)(F)C(F)(F)C(F)(F)C(F)(F)C(F)(F)F. The van der Waals surface area contributed by atoms with Crippen LogP contribution in [0, 0.1) is 0 Å². The van der Waals surface area contributed by atoms with Gasteiger partial charge < -0.3 is 4.90 Å². The first-order valence-corrected chi connectivity index (χ1v) is 5.94. The van der Waals surface area contributed by atoms with Gasteiger partial charge in [0, 0.05) is 20.2 Å². The third kappa shape index (κ3) is 3.56. The van der Waals surface area contributed by atoms with Gasteiger partial charge >= 0.3 is 35.8 Å². The Kier molecular flexibility index (Phi) is 6.05. The lowest BCUT2D eigenvalue weighted by Crippen LogP contribution is -2.69. The molecular formula is C11H8F13NO. The first-order valence-electron chi connectivity index (χ1n) is 5.94. The predicted molar refractivity (Wildman–Crippen MR) is 58.6 cm³/mol. The molecule has 0 aromatic rings. The molecule has 0 aromatic carbocycles. The van der Waals surface area contributed by atoms with Crippen LogP contribution in [-0.2, 0) is 4.79 Å². The molecule has 0 fully saturated rings. The van der Waals surface area contributed by atoms with Gasteiger partial charge in [-0.1, -0.05) is 0 Å². The fourth-order valence-electron chi connectivity index (χ4n) is 1.21. The molecule has 0 aliphatic rings. The number of rotatable bonds is 6. The first kappa shape index (κ1) is 24.3. The van der Waals surface area contributed by atoms with Crippen LogP contribution in [0.5, 0.6) is 0 Å². The minimum Gasteiger partial charge on any atom is -0.345 e. The standard InChI is InChI=1S/C11H8F13NO/c1-25(2)5(26)3-4-6(12,13)7(14,15)8(16,17)9(18,19)10(20,21)11(22,23)24/h3-4H,1-2H3/b4-3+. The van der Waals surface area contributed by atoms with Crippen LogP contribution < -0.4 is 0 Å². The summed E-state index contributed by atoms with van der Waals surface area (Å²) in [5.41, 5.74) is 0. The lowest BCUT2D eigenvalue weighted by Gasteiger charge is -2.39. The molecule has 0 N–H and O–H groups in total. The van der Waals surface area contributed by atoms with Gasteiger partial charge in [0.05, 0.1) is 0 Å². The van der Waals surface area contributed by atoms with Crippen LogP contribution in [-0.4, -0.2) is 60.7 Å². The van der Waals surface area contributed by atoms with E-state index in [1.165, 1.54) is 0 Å². The number of likely N-dealkylation sites (N-methyl/N-ethyl adjacent to an activating group) is 1. The topological polar surface area (TPSA) is 20.3 Å². The van der Waals surface area contributed by atoms with Crippen molar-refractivity contribution >= 4 is 5.91 Å². The van der Waals surface area contributed by atoms with E-state index in [1.54, 1.807) is 0 Å². The van der Waals surface area contributed by atoms with E-state index in [1.807, 2.05) is 0 Å². The largest absolute Gasteiger partial charge is 0.460 e. The third-order valence-corrected chi connectivity index (χ3v) is 2.83. The van der Waals surface area contributed by atoms with Crippen LogP contribution in [0.2, 0.25) is 0 Å². The Balaban J connectivity index is 6.20. The van der Waals surface area contributed by atoms with Gasteiger partial charge in [0.25, 0.3) is 0 Å². The van der Waals surface area contributed by atoms with Crippen LogP contribution in [0.15, 0.2) is 12.2 Å². The molecule has 0 saturated heterocycles. The molecule has 0 aromatic heterocycles. The molecule has 15 heteroatoms. The molecule has 0 heterocycles. The van der Waals surface area contributed by atoms with Gasteiger partial charge in [0.2, 0.25) is 5.91 Å². The van der Waals surface area contributed by atoms with Crippen molar-refractivity contribution in [2.45, 2.75) is 35.8 Å². The molecule has 0 unspecified atom stereocenters. The van der Waals surface area contributed by atoms with E-state index in [9.17, 15) is 61.9 Å². The van der Waals surface area contributed by atoms with Crippen LogP contribution in [0.25, 0.3) is 0 Å². The molecule has 1 amide bonds. The summed E-state index contributed by atoms with van der Waals surface area (Å²) in [6.45, 7) is 0. The van der Waals surface area contributed by atoms with E-state index in [4.69, 9.17) is 0 Å². The van der Waals surface area contributed by atoms with Crippen molar-refractivity contribution in [2.75, 3.05) is 14.1 Å². The van der Waals surface area contributed by atoms with Crippen molar-refractivity contribution < 1.29 is 61.9 Å². The Hall–Kier alpha value is -1.70. The summed E-state index contributed by atoms with van der Waals surface area (Å²) in [7, 11) is 1.74. The number of hydrogen-bond donors (Lipinski definition) is 0. The maximum Gasteiger partial charge on any atom is 0.460 e. The monoisotopic (exact) mass is 417 g/mol. The summed E-state index contributed by atoms with van der Waals surface area (Å²) in [6.07, 6.45) is -9.25. The first-order chi connectivity index (χ1) is 11.1. The highest BCUT2D eigenvalue weighted by Gasteiger charge is 2.90. The van der Waals surface area contributed by atoms with E-state index in [2.05, 4.69) is 0 Å². The van der Waals surface area contributed by atoms with E-state index in [0.29, 0.717) is 4.90 Å². The van der Waals surface area contributed by atoms with Gasteiger partial charge in [-0.15, -0.1) is 0 Å². The van der Waals surface area contributed by atoms with Crippen LogP contribution in [0.3, 0.4) is 0 Å². The van der Waals surface area contributed by atoms with Crippen LogP contribution >= 0.6 is 0 Å². The molecule has 154 valence electrons. The zero-order valence-corrected chi connectivity index (χ0v) is 12.4. The number of hydrogen-bond acceptors (Lipinski definition) is 1. The summed E-state index contributed by atoms with van der Waals surface area (Å²) >= 11 is 0. The highest BCUT2D eigenvalue weighted by atomic mass is 19.4. The average molecular weight is 417 g/mol. The zero-order valence-electron chi connectivity index (χ0n) is 12.4. The second-order valence-corrected chi connectivity index (χ2v) is 4.98. The van der Waals surface area contributed by atoms with Crippen molar-refractivity contribution in [1.29, 1.82) is 0 Å². The maximum atomic E-state index is 13.2. The van der Waals surface area contributed by atoms with Crippen molar-refractivity contribution in [3.8, 4) is 0 Å². The molecular weight excluding hydrogens is 409 g/mol. The zero-order chi connectivity index (χ0) is 21.6. The summed E-state index contributed by atoms with van der Waals surface area (Å²) in [5, 5.41) is 0. The molecule has 0 saturated carbocycles. The van der Waals surface area contributed by atoms with Gasteiger partial charge in [-0.05, 0) is 6.08 Å². The van der Waals surface area contributed by atoms with E-state index < -0.39 is 53.8 Å². The van der Waals surface area contributed by atoms with E-state index >= 15 is 0 Å². The molecule has 0 rings (SSSR count). The Morgan fingerprint density at radius 1 is 0.654 bits per heavy atom. The highest BCUT2D eigenvalue weighted by Crippen LogP contribution is 2.60. The van der Waals surface area contributed by atoms with Crippen LogP contribution in [0.1, 0.15) is 0 Å². The van der Waals surface area contributed by atoms with Crippen LogP contribution in [0.4, 0.5) is 57.1 Å². The summed E-state index contributed by atoms with van der Waals surface area (Å²) in [6, 6.07) is 0. The second kappa shape index (κ2) is 6.48. The number of amides is 1. The third-order valence-electron chi connectivity index (χ3n) is 2.83. The molecule has 0 bridgehead atoms. The Morgan fingerprint density at radius 3 is 1.31 bits per heavy atom. The molecule has 0 atom stereocenters. The lowest BCUT2D eigenvalue weighted by molar-refractivity contribution is -0.436. The van der Waals surface area contributed by atoms with Gasteiger partial charge in [-0.25, -0.2) is 0 Å².